The van der Waals surface area contributed by atoms with Crippen LogP contribution in [0.15, 0.2) is 60.7 Å². The lowest BCUT2D eigenvalue weighted by atomic mass is 9.97. The largest absolute Gasteiger partial charge is 0.493 e. The molecule has 3 aromatic carbocycles. The Labute approximate surface area is 234 Å². The van der Waals surface area contributed by atoms with Crippen molar-refractivity contribution < 1.29 is 32.5 Å². The lowest BCUT2D eigenvalue weighted by Gasteiger charge is -2.10. The van der Waals surface area contributed by atoms with Gasteiger partial charge in [0.05, 0.1) is 43.1 Å². The van der Waals surface area contributed by atoms with E-state index in [9.17, 15) is 23.1 Å². The first-order valence-electron chi connectivity index (χ1n) is 13.4. The van der Waals surface area contributed by atoms with E-state index in [1.54, 1.807) is 19.1 Å². The molecule has 0 aliphatic rings. The van der Waals surface area contributed by atoms with Crippen molar-refractivity contribution >= 4 is 27.6 Å². The zero-order valence-electron chi connectivity index (χ0n) is 22.7. The maximum atomic E-state index is 13.4. The average Bonchev–Trinajstić information content (AvgIpc) is 3.46. The van der Waals surface area contributed by atoms with E-state index in [2.05, 4.69) is 10.1 Å². The fourth-order valence-corrected chi connectivity index (χ4v) is 5.30. The van der Waals surface area contributed by atoms with Gasteiger partial charge in [0.2, 0.25) is 0 Å². The number of hydrogen-bond donors (Lipinski definition) is 2. The number of H-pyrrole nitrogens is 1. The van der Waals surface area contributed by atoms with Gasteiger partial charge in [-0.15, -0.1) is 0 Å². The van der Waals surface area contributed by atoms with Crippen LogP contribution in [-0.2, 0) is 31.2 Å². The Hall–Kier alpha value is -4.31. The third-order valence-electron chi connectivity index (χ3n) is 7.02. The molecule has 5 rings (SSSR count). The highest BCUT2D eigenvalue weighted by atomic mass is 19.4. The molecule has 41 heavy (non-hydrogen) atoms. The van der Waals surface area contributed by atoms with Gasteiger partial charge in [0, 0.05) is 28.9 Å². The lowest BCUT2D eigenvalue weighted by Crippen LogP contribution is -2.13. The number of fused-ring (bicyclic) bond motifs is 2. The number of aliphatic hydroxyl groups is 1. The van der Waals surface area contributed by atoms with Crippen molar-refractivity contribution in [1.29, 1.82) is 0 Å². The summed E-state index contributed by atoms with van der Waals surface area (Å²) in [6.45, 7) is 1.75. The van der Waals surface area contributed by atoms with Crippen LogP contribution in [0.2, 0.25) is 0 Å². The molecule has 0 aliphatic heterocycles. The summed E-state index contributed by atoms with van der Waals surface area (Å²) in [5, 5.41) is 16.9. The number of carbonyl (C=O) groups is 1. The number of esters is 1. The number of alkyl halides is 3. The van der Waals surface area contributed by atoms with Gasteiger partial charge in [-0.2, -0.15) is 18.3 Å². The van der Waals surface area contributed by atoms with E-state index in [0.717, 1.165) is 16.5 Å². The first-order valence-corrected chi connectivity index (χ1v) is 13.4. The molecule has 0 spiro atoms. The van der Waals surface area contributed by atoms with Gasteiger partial charge in [0.15, 0.2) is 0 Å². The van der Waals surface area contributed by atoms with Gasteiger partial charge in [-0.05, 0) is 36.8 Å². The van der Waals surface area contributed by atoms with E-state index in [1.807, 2.05) is 48.5 Å². The predicted molar refractivity (Wildman–Crippen MR) is 150 cm³/mol. The Kier molecular flexibility index (Phi) is 8.03. The van der Waals surface area contributed by atoms with Crippen LogP contribution >= 0.6 is 0 Å². The first-order chi connectivity index (χ1) is 19.7. The number of ether oxygens (including phenoxy) is 2. The summed E-state index contributed by atoms with van der Waals surface area (Å²) in [7, 11) is 1.50. The van der Waals surface area contributed by atoms with E-state index in [1.165, 1.54) is 11.7 Å². The van der Waals surface area contributed by atoms with Crippen molar-refractivity contribution in [2.24, 2.45) is 7.05 Å². The number of para-hydroxylation sites is 1. The van der Waals surface area contributed by atoms with Crippen molar-refractivity contribution in [3.63, 3.8) is 0 Å². The number of nitrogens with zero attached hydrogens (tertiary/aromatic N) is 2. The Morgan fingerprint density at radius 2 is 1.78 bits per heavy atom. The molecule has 0 atom stereocenters. The quantitative estimate of drug-likeness (QED) is 0.149. The maximum absolute atomic E-state index is 13.4. The van der Waals surface area contributed by atoms with Crippen LogP contribution in [0.25, 0.3) is 32.8 Å². The third-order valence-corrected chi connectivity index (χ3v) is 7.02. The fourth-order valence-electron chi connectivity index (χ4n) is 5.30. The van der Waals surface area contributed by atoms with Gasteiger partial charge in [-0.3, -0.25) is 4.68 Å². The molecular formula is C31H30F3N3O4. The first kappa shape index (κ1) is 28.2. The molecule has 2 aromatic heterocycles. The van der Waals surface area contributed by atoms with Crippen LogP contribution in [0.5, 0.6) is 5.75 Å². The summed E-state index contributed by atoms with van der Waals surface area (Å²) in [4.78, 5) is 16.1. The van der Waals surface area contributed by atoms with E-state index in [0.29, 0.717) is 41.5 Å². The number of aryl methyl sites for hydroxylation is 2. The molecule has 0 unspecified atom stereocenters. The van der Waals surface area contributed by atoms with E-state index < -0.39 is 25.2 Å². The van der Waals surface area contributed by atoms with Crippen LogP contribution in [0.3, 0.4) is 0 Å². The van der Waals surface area contributed by atoms with E-state index >= 15 is 0 Å². The van der Waals surface area contributed by atoms with E-state index in [4.69, 9.17) is 9.47 Å². The molecule has 2 N–H and O–H groups in total. The van der Waals surface area contributed by atoms with Crippen LogP contribution < -0.4 is 4.74 Å². The molecule has 214 valence electrons. The molecule has 2 heterocycles. The highest BCUT2D eigenvalue weighted by molar-refractivity contribution is 6.04. The second kappa shape index (κ2) is 11.7. The minimum absolute atomic E-state index is 0.164. The number of aliphatic hydroxyl groups excluding tert-OH is 1. The molecule has 10 heteroatoms. The topological polar surface area (TPSA) is 89.4 Å². The summed E-state index contributed by atoms with van der Waals surface area (Å²) < 4.78 is 53.0. The molecule has 0 aliphatic carbocycles. The summed E-state index contributed by atoms with van der Waals surface area (Å²) in [5.41, 5.74) is 2.07. The zero-order chi connectivity index (χ0) is 29.1. The van der Waals surface area contributed by atoms with E-state index in [-0.39, 0.29) is 29.3 Å². The second-order valence-electron chi connectivity index (χ2n) is 9.70. The minimum atomic E-state index is -4.50. The lowest BCUT2D eigenvalue weighted by molar-refractivity contribution is -0.127. The predicted octanol–water partition coefficient (Wildman–Crippen LogP) is 6.51. The number of benzene rings is 3. The second-order valence-corrected chi connectivity index (χ2v) is 9.70. The fraction of sp³-hybridized carbons (Fsp3) is 0.290. The molecule has 0 amide bonds. The van der Waals surface area contributed by atoms with Crippen molar-refractivity contribution in [2.75, 3.05) is 13.2 Å². The van der Waals surface area contributed by atoms with Gasteiger partial charge < -0.3 is 19.6 Å². The molecule has 0 fully saturated rings. The smallest absolute Gasteiger partial charge is 0.394 e. The van der Waals surface area contributed by atoms with Crippen LogP contribution in [0.1, 0.15) is 40.8 Å². The summed E-state index contributed by atoms with van der Waals surface area (Å²) in [6, 6.07) is 19.0. The number of nitrogens with one attached hydrogen (secondary N) is 1. The molecule has 5 aromatic rings. The molecule has 0 saturated carbocycles. The average molecular weight is 566 g/mol. The highest BCUT2D eigenvalue weighted by Gasteiger charge is 2.33. The highest BCUT2D eigenvalue weighted by Crippen LogP contribution is 2.38. The number of hydrogen-bond acceptors (Lipinski definition) is 5. The Morgan fingerprint density at radius 1 is 1.05 bits per heavy atom. The summed E-state index contributed by atoms with van der Waals surface area (Å²) in [6.07, 6.45) is -4.72. The molecular weight excluding hydrogens is 535 g/mol. The summed E-state index contributed by atoms with van der Waals surface area (Å²) >= 11 is 0. The van der Waals surface area contributed by atoms with Crippen LogP contribution in [0.4, 0.5) is 13.2 Å². The van der Waals surface area contributed by atoms with Gasteiger partial charge in [-0.1, -0.05) is 54.6 Å². The van der Waals surface area contributed by atoms with Gasteiger partial charge in [0.1, 0.15) is 11.4 Å². The number of carbonyl (C=O) groups excluding carboxylic acids is 1. The molecule has 0 saturated heterocycles. The monoisotopic (exact) mass is 565 g/mol. The van der Waals surface area contributed by atoms with Gasteiger partial charge in [0.25, 0.3) is 0 Å². The van der Waals surface area contributed by atoms with Gasteiger partial charge in [-0.25, -0.2) is 4.79 Å². The maximum Gasteiger partial charge on any atom is 0.394 e. The number of rotatable bonds is 10. The van der Waals surface area contributed by atoms with Crippen molar-refractivity contribution in [2.45, 2.75) is 39.0 Å². The number of aromatic amines is 1. The Bertz CT molecular complexity index is 1700. The van der Waals surface area contributed by atoms with Crippen molar-refractivity contribution in [3.05, 3.63) is 83.3 Å². The van der Waals surface area contributed by atoms with Crippen LogP contribution in [-0.4, -0.2) is 45.2 Å². The standard InChI is InChI=1S/C31H30F3N3O4/c1-3-40-30(39)29-22(14-8-16-41-26-15-6-10-19-9-4-5-11-20(19)26)21-12-7-13-23(28(21)35-29)27-24(17-31(32,33)34)36-37(2)25(27)18-38/h4-7,9-13,15,35,38H,3,8,14,16-18H2,1-2H3. The summed E-state index contributed by atoms with van der Waals surface area (Å²) in [5.74, 6) is 0.212. The third kappa shape index (κ3) is 5.78. The minimum Gasteiger partial charge on any atom is -0.493 e. The van der Waals surface area contributed by atoms with Gasteiger partial charge >= 0.3 is 12.1 Å². The Morgan fingerprint density at radius 3 is 2.54 bits per heavy atom. The molecule has 0 radical (unpaired) electrons. The van der Waals surface area contributed by atoms with Crippen LogP contribution in [0, 0.1) is 0 Å². The molecule has 7 nitrogen and oxygen atoms in total. The number of halogens is 3. The zero-order valence-corrected chi connectivity index (χ0v) is 22.7. The Balaban J connectivity index is 1.51. The molecule has 0 bridgehead atoms. The number of aromatic nitrogens is 3. The van der Waals surface area contributed by atoms with Crippen molar-refractivity contribution in [3.8, 4) is 16.9 Å². The normalized spacial score (nSPS) is 11.9. The SMILES string of the molecule is CCOC(=O)c1[nH]c2c(-c3c(CC(F)(F)F)nn(C)c3CO)cccc2c1CCCOc1cccc2ccccc12. The van der Waals surface area contributed by atoms with Crippen molar-refractivity contribution in [1.82, 2.24) is 14.8 Å².